The standard InChI is InChI=1S/C15H18ClF3N2/c16-4-1-5-21-8-11-6-12(11)13(9-21)10-2-3-14(20-7-10)15(17,18)19/h2-3,7,11-13H,1,4-6,8-9H2. The third-order valence-corrected chi connectivity index (χ3v) is 4.82. The van der Waals surface area contributed by atoms with Gasteiger partial charge in [0.2, 0.25) is 0 Å². The third-order valence-electron chi connectivity index (χ3n) is 4.55. The number of piperidine rings is 1. The van der Waals surface area contributed by atoms with Crippen molar-refractivity contribution in [3.63, 3.8) is 0 Å². The average Bonchev–Trinajstić information content (AvgIpc) is 3.22. The lowest BCUT2D eigenvalue weighted by Gasteiger charge is -2.32. The molecule has 1 aromatic heterocycles. The molecule has 1 saturated heterocycles. The summed E-state index contributed by atoms with van der Waals surface area (Å²) in [6.07, 6.45) is -0.812. The van der Waals surface area contributed by atoms with Gasteiger partial charge in [-0.2, -0.15) is 13.2 Å². The van der Waals surface area contributed by atoms with E-state index in [1.807, 2.05) is 0 Å². The molecule has 3 atom stereocenters. The molecule has 0 bridgehead atoms. The molecule has 2 fully saturated rings. The Kier molecular flexibility index (Phi) is 4.14. The van der Waals surface area contributed by atoms with Gasteiger partial charge >= 0.3 is 6.18 Å². The fourth-order valence-electron chi connectivity index (χ4n) is 3.40. The number of rotatable bonds is 4. The lowest BCUT2D eigenvalue weighted by atomic mass is 9.90. The molecule has 0 aromatic carbocycles. The number of halogens is 4. The van der Waals surface area contributed by atoms with E-state index in [1.54, 1.807) is 6.07 Å². The number of alkyl halides is 4. The van der Waals surface area contributed by atoms with Crippen LogP contribution in [0.5, 0.6) is 0 Å². The molecule has 3 unspecified atom stereocenters. The minimum Gasteiger partial charge on any atom is -0.302 e. The van der Waals surface area contributed by atoms with Gasteiger partial charge in [0, 0.05) is 31.1 Å². The van der Waals surface area contributed by atoms with Gasteiger partial charge < -0.3 is 4.90 Å². The zero-order chi connectivity index (χ0) is 15.0. The predicted octanol–water partition coefficient (Wildman–Crippen LogP) is 3.76. The summed E-state index contributed by atoms with van der Waals surface area (Å²) in [7, 11) is 0. The second-order valence-electron chi connectivity index (χ2n) is 6.04. The van der Waals surface area contributed by atoms with Gasteiger partial charge in [0.1, 0.15) is 5.69 Å². The molecule has 6 heteroatoms. The Morgan fingerprint density at radius 3 is 2.71 bits per heavy atom. The maximum Gasteiger partial charge on any atom is 0.433 e. The largest absolute Gasteiger partial charge is 0.433 e. The highest BCUT2D eigenvalue weighted by molar-refractivity contribution is 6.17. The molecule has 1 aliphatic heterocycles. The van der Waals surface area contributed by atoms with Crippen LogP contribution in [0.25, 0.3) is 0 Å². The molecule has 2 nitrogen and oxygen atoms in total. The first-order valence-corrected chi connectivity index (χ1v) is 7.84. The average molecular weight is 319 g/mol. The van der Waals surface area contributed by atoms with Crippen molar-refractivity contribution in [3.8, 4) is 0 Å². The first-order chi connectivity index (χ1) is 9.99. The Hall–Kier alpha value is -0.810. The van der Waals surface area contributed by atoms with Crippen molar-refractivity contribution in [3.05, 3.63) is 29.6 Å². The van der Waals surface area contributed by atoms with Crippen LogP contribution in [0.15, 0.2) is 18.3 Å². The fraction of sp³-hybridized carbons (Fsp3) is 0.667. The van der Waals surface area contributed by atoms with E-state index in [0.29, 0.717) is 23.6 Å². The molecule has 116 valence electrons. The van der Waals surface area contributed by atoms with Crippen LogP contribution >= 0.6 is 11.6 Å². The maximum absolute atomic E-state index is 12.6. The fourth-order valence-corrected chi connectivity index (χ4v) is 3.52. The van der Waals surface area contributed by atoms with E-state index in [0.717, 1.165) is 37.7 Å². The summed E-state index contributed by atoms with van der Waals surface area (Å²) in [6, 6.07) is 2.70. The van der Waals surface area contributed by atoms with Crippen LogP contribution in [0.3, 0.4) is 0 Å². The van der Waals surface area contributed by atoms with Gasteiger partial charge in [-0.15, -0.1) is 11.6 Å². The number of pyridine rings is 1. The van der Waals surface area contributed by atoms with Crippen LogP contribution in [0, 0.1) is 11.8 Å². The number of nitrogens with zero attached hydrogens (tertiary/aromatic N) is 2. The zero-order valence-corrected chi connectivity index (χ0v) is 12.4. The van der Waals surface area contributed by atoms with E-state index < -0.39 is 11.9 Å². The Morgan fingerprint density at radius 2 is 2.10 bits per heavy atom. The summed E-state index contributed by atoms with van der Waals surface area (Å²) in [5.74, 6) is 2.28. The molecule has 0 spiro atoms. The molecular formula is C15H18ClF3N2. The van der Waals surface area contributed by atoms with Crippen LogP contribution in [0.4, 0.5) is 13.2 Å². The Bertz CT molecular complexity index is 489. The Morgan fingerprint density at radius 1 is 1.29 bits per heavy atom. The summed E-state index contributed by atoms with van der Waals surface area (Å²) < 4.78 is 37.7. The molecule has 0 radical (unpaired) electrons. The van der Waals surface area contributed by atoms with Crippen LogP contribution < -0.4 is 0 Å². The van der Waals surface area contributed by atoms with Crippen LogP contribution in [-0.4, -0.2) is 35.4 Å². The Labute approximate surface area is 127 Å². The van der Waals surface area contributed by atoms with Crippen molar-refractivity contribution in [2.45, 2.75) is 24.9 Å². The summed E-state index contributed by atoms with van der Waals surface area (Å²) in [6.45, 7) is 2.98. The van der Waals surface area contributed by atoms with Crippen molar-refractivity contribution >= 4 is 11.6 Å². The third kappa shape index (κ3) is 3.34. The molecule has 21 heavy (non-hydrogen) atoms. The SMILES string of the molecule is FC(F)(F)c1ccc(C2CN(CCCCl)CC3CC32)cn1. The smallest absolute Gasteiger partial charge is 0.302 e. The lowest BCUT2D eigenvalue weighted by Crippen LogP contribution is -2.37. The lowest BCUT2D eigenvalue weighted by molar-refractivity contribution is -0.141. The van der Waals surface area contributed by atoms with Crippen molar-refractivity contribution in [1.29, 1.82) is 0 Å². The van der Waals surface area contributed by atoms with Gasteiger partial charge in [0.25, 0.3) is 0 Å². The van der Waals surface area contributed by atoms with Crippen molar-refractivity contribution in [1.82, 2.24) is 9.88 Å². The Balaban J connectivity index is 1.71. The molecule has 2 heterocycles. The topological polar surface area (TPSA) is 16.1 Å². The highest BCUT2D eigenvalue weighted by Crippen LogP contribution is 2.52. The molecular weight excluding hydrogens is 301 g/mol. The molecule has 1 saturated carbocycles. The van der Waals surface area contributed by atoms with Gasteiger partial charge in [0.05, 0.1) is 0 Å². The van der Waals surface area contributed by atoms with Crippen LogP contribution in [0.2, 0.25) is 0 Å². The summed E-state index contributed by atoms with van der Waals surface area (Å²) in [5.41, 5.74) is 0.125. The highest BCUT2D eigenvalue weighted by atomic mass is 35.5. The van der Waals surface area contributed by atoms with E-state index in [4.69, 9.17) is 11.6 Å². The van der Waals surface area contributed by atoms with Gasteiger partial charge in [-0.1, -0.05) is 6.07 Å². The first kappa shape index (κ1) is 15.1. The number of fused-ring (bicyclic) bond motifs is 1. The second-order valence-corrected chi connectivity index (χ2v) is 6.42. The molecule has 0 amide bonds. The summed E-state index contributed by atoms with van der Waals surface area (Å²) in [4.78, 5) is 5.99. The molecule has 1 aliphatic carbocycles. The number of aromatic nitrogens is 1. The quantitative estimate of drug-likeness (QED) is 0.786. The van der Waals surface area contributed by atoms with E-state index in [-0.39, 0.29) is 0 Å². The molecule has 0 N–H and O–H groups in total. The minimum atomic E-state index is -4.36. The van der Waals surface area contributed by atoms with Gasteiger partial charge in [-0.05, 0) is 42.9 Å². The first-order valence-electron chi connectivity index (χ1n) is 7.30. The van der Waals surface area contributed by atoms with Crippen molar-refractivity contribution < 1.29 is 13.2 Å². The van der Waals surface area contributed by atoms with E-state index in [1.165, 1.54) is 12.6 Å². The predicted molar refractivity (Wildman–Crippen MR) is 75.4 cm³/mol. The second kappa shape index (κ2) is 5.76. The normalized spacial score (nSPS) is 29.2. The summed E-state index contributed by atoms with van der Waals surface area (Å²) >= 11 is 5.74. The monoisotopic (exact) mass is 318 g/mol. The molecule has 1 aromatic rings. The van der Waals surface area contributed by atoms with Gasteiger partial charge in [0.15, 0.2) is 0 Å². The van der Waals surface area contributed by atoms with Gasteiger partial charge in [-0.3, -0.25) is 4.98 Å². The number of hydrogen-bond donors (Lipinski definition) is 0. The van der Waals surface area contributed by atoms with E-state index in [9.17, 15) is 13.2 Å². The molecule has 3 rings (SSSR count). The van der Waals surface area contributed by atoms with E-state index in [2.05, 4.69) is 9.88 Å². The molecule has 2 aliphatic rings. The van der Waals surface area contributed by atoms with Crippen molar-refractivity contribution in [2.24, 2.45) is 11.8 Å². The van der Waals surface area contributed by atoms with E-state index >= 15 is 0 Å². The van der Waals surface area contributed by atoms with Crippen LogP contribution in [-0.2, 0) is 6.18 Å². The highest BCUT2D eigenvalue weighted by Gasteiger charge is 2.48. The van der Waals surface area contributed by atoms with Crippen molar-refractivity contribution in [2.75, 3.05) is 25.5 Å². The number of likely N-dealkylation sites (tertiary alicyclic amines) is 1. The van der Waals surface area contributed by atoms with Crippen LogP contribution in [0.1, 0.15) is 30.0 Å². The minimum absolute atomic E-state index is 0.314. The summed E-state index contributed by atoms with van der Waals surface area (Å²) in [5, 5.41) is 0. The van der Waals surface area contributed by atoms with Gasteiger partial charge in [-0.25, -0.2) is 0 Å². The maximum atomic E-state index is 12.6. The number of hydrogen-bond acceptors (Lipinski definition) is 2. The zero-order valence-electron chi connectivity index (χ0n) is 11.6.